The van der Waals surface area contributed by atoms with E-state index in [9.17, 15) is 9.90 Å². The van der Waals surface area contributed by atoms with Crippen LogP contribution in [0.25, 0.3) is 11.5 Å². The Balaban J connectivity index is 1.56. The molecule has 0 fully saturated rings. The summed E-state index contributed by atoms with van der Waals surface area (Å²) in [5.74, 6) is 1.08. The van der Waals surface area contributed by atoms with Crippen molar-refractivity contribution < 1.29 is 19.1 Å². The summed E-state index contributed by atoms with van der Waals surface area (Å²) in [6.07, 6.45) is 0. The molecule has 0 spiro atoms. The van der Waals surface area contributed by atoms with Crippen molar-refractivity contribution in [2.45, 2.75) is 5.22 Å². The van der Waals surface area contributed by atoms with Crippen LogP contribution in [0.4, 0.5) is 5.69 Å². The molecule has 3 rings (SSSR count). The standard InChI is InChI=1S/C17H15N3O4S/c1-23-14-7-5-11(6-8-14)16-19-20-17(24-16)25-10-15(22)18-12-3-2-4-13(21)9-12/h2-9,21H,10H2,1H3,(H,18,22). The second-order valence-corrected chi connectivity index (χ2v) is 5.92. The first-order chi connectivity index (χ1) is 12.1. The van der Waals surface area contributed by atoms with Crippen molar-refractivity contribution in [3.63, 3.8) is 0 Å². The lowest BCUT2D eigenvalue weighted by Crippen LogP contribution is -2.13. The van der Waals surface area contributed by atoms with Crippen molar-refractivity contribution >= 4 is 23.4 Å². The van der Waals surface area contributed by atoms with Gasteiger partial charge in [0.15, 0.2) is 0 Å². The molecule has 0 atom stereocenters. The van der Waals surface area contributed by atoms with Crippen molar-refractivity contribution in [3.8, 4) is 23.0 Å². The molecule has 128 valence electrons. The molecule has 0 aliphatic rings. The first-order valence-electron chi connectivity index (χ1n) is 7.33. The van der Waals surface area contributed by atoms with E-state index in [-0.39, 0.29) is 17.4 Å². The lowest BCUT2D eigenvalue weighted by molar-refractivity contribution is -0.113. The van der Waals surface area contributed by atoms with E-state index >= 15 is 0 Å². The number of methoxy groups -OCH3 is 1. The Morgan fingerprint density at radius 2 is 2.04 bits per heavy atom. The average Bonchev–Trinajstić information content (AvgIpc) is 3.09. The molecule has 0 bridgehead atoms. The normalized spacial score (nSPS) is 10.4. The number of carbonyl (C=O) groups excluding carboxylic acids is 1. The number of benzene rings is 2. The van der Waals surface area contributed by atoms with Gasteiger partial charge in [0.2, 0.25) is 11.8 Å². The molecule has 3 aromatic rings. The maximum absolute atomic E-state index is 11.9. The van der Waals surface area contributed by atoms with Crippen LogP contribution in [-0.4, -0.2) is 34.1 Å². The van der Waals surface area contributed by atoms with Crippen LogP contribution in [0.1, 0.15) is 0 Å². The number of carbonyl (C=O) groups is 1. The van der Waals surface area contributed by atoms with Crippen LogP contribution >= 0.6 is 11.8 Å². The number of nitrogens with zero attached hydrogens (tertiary/aromatic N) is 2. The number of amides is 1. The number of aromatic nitrogens is 2. The monoisotopic (exact) mass is 357 g/mol. The summed E-state index contributed by atoms with van der Waals surface area (Å²) in [4.78, 5) is 11.9. The van der Waals surface area contributed by atoms with E-state index in [1.54, 1.807) is 31.4 Å². The lowest BCUT2D eigenvalue weighted by Gasteiger charge is -2.04. The van der Waals surface area contributed by atoms with Gasteiger partial charge in [-0.2, -0.15) is 0 Å². The fourth-order valence-electron chi connectivity index (χ4n) is 2.03. The molecule has 2 N–H and O–H groups in total. The second kappa shape index (κ2) is 7.71. The number of anilines is 1. The summed E-state index contributed by atoms with van der Waals surface area (Å²) < 4.78 is 10.6. The Morgan fingerprint density at radius 1 is 1.24 bits per heavy atom. The van der Waals surface area contributed by atoms with Gasteiger partial charge >= 0.3 is 0 Å². The molecule has 1 aromatic heterocycles. The highest BCUT2D eigenvalue weighted by Crippen LogP contribution is 2.25. The zero-order valence-corrected chi connectivity index (χ0v) is 14.1. The van der Waals surface area contributed by atoms with Crippen LogP contribution in [0.3, 0.4) is 0 Å². The largest absolute Gasteiger partial charge is 0.508 e. The van der Waals surface area contributed by atoms with Crippen molar-refractivity contribution in [1.29, 1.82) is 0 Å². The predicted molar refractivity (Wildman–Crippen MR) is 93.7 cm³/mol. The van der Waals surface area contributed by atoms with Crippen LogP contribution < -0.4 is 10.1 Å². The molecule has 0 aliphatic carbocycles. The molecular formula is C17H15N3O4S. The van der Waals surface area contributed by atoms with Gasteiger partial charge in [0.1, 0.15) is 11.5 Å². The second-order valence-electron chi connectivity index (χ2n) is 4.99. The van der Waals surface area contributed by atoms with Crippen LogP contribution in [0.5, 0.6) is 11.5 Å². The SMILES string of the molecule is COc1ccc(-c2nnc(SCC(=O)Nc3cccc(O)c3)o2)cc1. The van der Waals surface area contributed by atoms with Gasteiger partial charge in [0.05, 0.1) is 12.9 Å². The van der Waals surface area contributed by atoms with Gasteiger partial charge in [-0.05, 0) is 36.4 Å². The smallest absolute Gasteiger partial charge is 0.277 e. The molecule has 0 saturated heterocycles. The van der Waals surface area contributed by atoms with Gasteiger partial charge in [-0.25, -0.2) is 0 Å². The topological polar surface area (TPSA) is 97.5 Å². The van der Waals surface area contributed by atoms with Gasteiger partial charge in [-0.3, -0.25) is 4.79 Å². The van der Waals surface area contributed by atoms with E-state index in [1.807, 2.05) is 12.1 Å². The predicted octanol–water partition coefficient (Wildman–Crippen LogP) is 3.18. The number of hydrogen-bond donors (Lipinski definition) is 2. The Hall–Kier alpha value is -3.00. The Labute approximate surface area is 148 Å². The lowest BCUT2D eigenvalue weighted by atomic mass is 10.2. The van der Waals surface area contributed by atoms with Crippen LogP contribution in [-0.2, 0) is 4.79 Å². The van der Waals surface area contributed by atoms with Gasteiger partial charge < -0.3 is 19.6 Å². The number of thioether (sulfide) groups is 1. The minimum atomic E-state index is -0.236. The first kappa shape index (κ1) is 16.8. The molecule has 1 amide bonds. The molecular weight excluding hydrogens is 342 g/mol. The molecule has 2 aromatic carbocycles. The number of rotatable bonds is 6. The van der Waals surface area contributed by atoms with Crippen molar-refractivity contribution in [3.05, 3.63) is 48.5 Å². The molecule has 0 radical (unpaired) electrons. The maximum Gasteiger partial charge on any atom is 0.277 e. The molecule has 1 heterocycles. The number of phenols is 1. The minimum Gasteiger partial charge on any atom is -0.508 e. The maximum atomic E-state index is 11.9. The molecule has 0 saturated carbocycles. The van der Waals surface area contributed by atoms with E-state index in [0.717, 1.165) is 23.1 Å². The fraction of sp³-hybridized carbons (Fsp3) is 0.118. The van der Waals surface area contributed by atoms with Crippen LogP contribution in [0.2, 0.25) is 0 Å². The number of aromatic hydroxyl groups is 1. The zero-order chi connectivity index (χ0) is 17.6. The molecule has 0 aliphatic heterocycles. The Kier molecular flexibility index (Phi) is 5.20. The number of nitrogens with one attached hydrogen (secondary N) is 1. The van der Waals surface area contributed by atoms with Crippen molar-refractivity contribution in [2.75, 3.05) is 18.2 Å². The quantitative estimate of drug-likeness (QED) is 0.654. The third kappa shape index (κ3) is 4.51. The fourth-order valence-corrected chi connectivity index (χ4v) is 2.59. The van der Waals surface area contributed by atoms with Gasteiger partial charge in [0, 0.05) is 17.3 Å². The molecule has 0 unspecified atom stereocenters. The van der Waals surface area contributed by atoms with E-state index in [0.29, 0.717) is 16.8 Å². The Bertz CT molecular complexity index is 864. The van der Waals surface area contributed by atoms with Crippen LogP contribution in [0.15, 0.2) is 58.2 Å². The number of hydrogen-bond acceptors (Lipinski definition) is 7. The van der Waals surface area contributed by atoms with Gasteiger partial charge in [-0.15, -0.1) is 10.2 Å². The van der Waals surface area contributed by atoms with Crippen molar-refractivity contribution in [1.82, 2.24) is 10.2 Å². The zero-order valence-electron chi connectivity index (χ0n) is 13.3. The van der Waals surface area contributed by atoms with E-state index in [4.69, 9.17) is 9.15 Å². The summed E-state index contributed by atoms with van der Waals surface area (Å²) in [6.45, 7) is 0. The summed E-state index contributed by atoms with van der Waals surface area (Å²) in [5.41, 5.74) is 1.29. The van der Waals surface area contributed by atoms with E-state index in [2.05, 4.69) is 15.5 Å². The highest BCUT2D eigenvalue weighted by molar-refractivity contribution is 7.99. The first-order valence-corrected chi connectivity index (χ1v) is 8.32. The summed E-state index contributed by atoms with van der Waals surface area (Å²) >= 11 is 1.14. The van der Waals surface area contributed by atoms with E-state index < -0.39 is 0 Å². The number of ether oxygens (including phenoxy) is 1. The van der Waals surface area contributed by atoms with Crippen LogP contribution in [0, 0.1) is 0 Å². The van der Waals surface area contributed by atoms with Crippen molar-refractivity contribution in [2.24, 2.45) is 0 Å². The molecule has 8 heteroatoms. The van der Waals surface area contributed by atoms with E-state index in [1.165, 1.54) is 12.1 Å². The van der Waals surface area contributed by atoms with Gasteiger partial charge in [-0.1, -0.05) is 17.8 Å². The minimum absolute atomic E-state index is 0.0893. The molecule has 25 heavy (non-hydrogen) atoms. The third-order valence-corrected chi connectivity index (χ3v) is 4.02. The third-order valence-electron chi connectivity index (χ3n) is 3.20. The summed E-state index contributed by atoms with van der Waals surface area (Å²) in [7, 11) is 1.60. The Morgan fingerprint density at radius 3 is 2.76 bits per heavy atom. The summed E-state index contributed by atoms with van der Waals surface area (Å²) in [5, 5.41) is 20.3. The highest BCUT2D eigenvalue weighted by atomic mass is 32.2. The molecule has 7 nitrogen and oxygen atoms in total. The highest BCUT2D eigenvalue weighted by Gasteiger charge is 2.11. The van der Waals surface area contributed by atoms with Gasteiger partial charge in [0.25, 0.3) is 5.22 Å². The number of phenolic OH excluding ortho intramolecular Hbond substituents is 1. The average molecular weight is 357 g/mol. The summed E-state index contributed by atoms with van der Waals surface area (Å²) in [6, 6.07) is 13.6.